The molecule has 0 aliphatic heterocycles. The highest BCUT2D eigenvalue weighted by atomic mass is 28.2. The Morgan fingerprint density at radius 3 is 2.30 bits per heavy atom. The zero-order valence-corrected chi connectivity index (χ0v) is 8.45. The van der Waals surface area contributed by atoms with E-state index in [0.717, 1.165) is 12.5 Å². The van der Waals surface area contributed by atoms with E-state index in [9.17, 15) is 0 Å². The molecule has 0 unspecified atom stereocenters. The van der Waals surface area contributed by atoms with Crippen LogP contribution in [0.25, 0.3) is 0 Å². The highest BCUT2D eigenvalue weighted by Gasteiger charge is 1.87. The van der Waals surface area contributed by atoms with Crippen molar-refractivity contribution in [1.82, 2.24) is 0 Å². The van der Waals surface area contributed by atoms with Gasteiger partial charge in [0.2, 0.25) is 0 Å². The van der Waals surface area contributed by atoms with Gasteiger partial charge >= 0.3 is 0 Å². The van der Waals surface area contributed by atoms with E-state index in [4.69, 9.17) is 2.47 Å². The molecule has 1 heteroatoms. The molecule has 62 valence electrons. The maximum atomic E-state index is 7.45. The first kappa shape index (κ1) is 6.90. The van der Waals surface area contributed by atoms with Crippen molar-refractivity contribution < 1.29 is 0 Å². The third-order valence-electron chi connectivity index (χ3n) is 1.78. The molecule has 0 aromatic carbocycles. The van der Waals surface area contributed by atoms with Crippen LogP contribution in [0.4, 0.5) is 0 Å². The lowest BCUT2D eigenvalue weighted by Gasteiger charge is -1.97. The lowest BCUT2D eigenvalue weighted by atomic mass is 10.1. The molecule has 0 fully saturated rings. The second-order valence-electron chi connectivity index (χ2n) is 2.87. The van der Waals surface area contributed by atoms with Gasteiger partial charge in [-0.05, 0) is 0 Å². The summed E-state index contributed by atoms with van der Waals surface area (Å²) in [5.41, 5.74) is 0. The molecule has 0 aliphatic rings. The Kier molecular flexibility index (Phi) is 6.36. The predicted octanol–water partition coefficient (Wildman–Crippen LogP) is 2.98. The molecule has 0 rings (SSSR count). The van der Waals surface area contributed by atoms with Crippen molar-refractivity contribution in [3.8, 4) is 0 Å². The Balaban J connectivity index is 3.01. The van der Waals surface area contributed by atoms with Gasteiger partial charge in [0.15, 0.2) is 0 Å². The van der Waals surface area contributed by atoms with Gasteiger partial charge in [-0.2, -0.15) is 0 Å². The first-order chi connectivity index (χ1) is 5.56. The van der Waals surface area contributed by atoms with Gasteiger partial charge in [0.05, 0.1) is 0 Å². The fourth-order valence-electron chi connectivity index (χ4n) is 1.08. The Labute approximate surface area is 70.7 Å². The van der Waals surface area contributed by atoms with Crippen LogP contribution >= 0.6 is 0 Å². The van der Waals surface area contributed by atoms with Crippen LogP contribution in [0, 0.1) is 0 Å². The van der Waals surface area contributed by atoms with Crippen molar-refractivity contribution in [3.05, 3.63) is 0 Å². The average molecular weight is 162 g/mol. The minimum atomic E-state index is -2.23. The minimum absolute atomic E-state index is 0.860. The monoisotopic (exact) mass is 162 g/mol. The molecule has 0 saturated heterocycles. The van der Waals surface area contributed by atoms with Crippen molar-refractivity contribution in [2.45, 2.75) is 58.0 Å². The smallest absolute Gasteiger partial charge is 0.0166 e. The van der Waals surface area contributed by atoms with Crippen LogP contribution < -0.4 is 0 Å². The quantitative estimate of drug-likeness (QED) is 0.399. The zero-order valence-electron chi connectivity index (χ0n) is 9.45. The second-order valence-corrected chi connectivity index (χ2v) is 4.08. The van der Waals surface area contributed by atoms with Crippen molar-refractivity contribution in [2.24, 2.45) is 0 Å². The number of hydrogen-bond donors (Lipinski definition) is 0. The first-order valence-electron chi connectivity index (χ1n) is 5.56. The van der Waals surface area contributed by atoms with E-state index < -0.39 is 9.38 Å². The van der Waals surface area contributed by atoms with E-state index in [1.165, 1.54) is 32.1 Å². The van der Waals surface area contributed by atoms with Crippen molar-refractivity contribution in [3.63, 3.8) is 0 Å². The molecular formula is C9H22Si. The van der Waals surface area contributed by atoms with Crippen LogP contribution in [0.1, 0.15) is 45.4 Å². The maximum absolute atomic E-state index is 7.45. The first-order valence-corrected chi connectivity index (χ1v) is 6.27. The van der Waals surface area contributed by atoms with Crippen molar-refractivity contribution in [1.29, 1.82) is 2.47 Å². The average Bonchev–Trinajstić information content (AvgIpc) is 1.94. The molecule has 0 heterocycles. The molecule has 0 bridgehead atoms. The van der Waals surface area contributed by atoms with Gasteiger partial charge in [0.1, 0.15) is 0 Å². The summed E-state index contributed by atoms with van der Waals surface area (Å²) in [5.74, 6) is 0. The number of rotatable bonds is 7. The molecule has 0 saturated carbocycles. The SMILES string of the molecule is [3H][Si]([3H])(C)CCCCCCCC. The van der Waals surface area contributed by atoms with E-state index in [0.29, 0.717) is 0 Å². The number of hydrogen-bond acceptors (Lipinski definition) is 0. The molecule has 0 aliphatic carbocycles. The van der Waals surface area contributed by atoms with Gasteiger partial charge in [0.25, 0.3) is 0 Å². The van der Waals surface area contributed by atoms with Crippen LogP contribution in [-0.4, -0.2) is 11.9 Å². The van der Waals surface area contributed by atoms with Crippen LogP contribution in [0.3, 0.4) is 0 Å². The Hall–Kier alpha value is 0.217. The van der Waals surface area contributed by atoms with Crippen molar-refractivity contribution in [2.75, 3.05) is 0 Å². The molecule has 0 aromatic rings. The summed E-state index contributed by atoms with van der Waals surface area (Å²) in [7, 11) is -2.23. The van der Waals surface area contributed by atoms with Gasteiger partial charge in [-0.3, -0.25) is 0 Å². The van der Waals surface area contributed by atoms with E-state index >= 15 is 0 Å². The Bertz CT molecular complexity index is 99.2. The van der Waals surface area contributed by atoms with E-state index in [-0.39, 0.29) is 0 Å². The highest BCUT2D eigenvalue weighted by Crippen LogP contribution is 2.06. The van der Waals surface area contributed by atoms with Crippen LogP contribution in [-0.2, 0) is 0 Å². The molecular weight excluding hydrogens is 136 g/mol. The lowest BCUT2D eigenvalue weighted by Crippen LogP contribution is -1.82. The Morgan fingerprint density at radius 1 is 1.10 bits per heavy atom. The molecule has 0 N–H and O–H groups in total. The standard InChI is InChI=1S/C9H22Si/c1-3-4-5-6-7-8-9-10-2/h3-10H2,1-2H3/i10T2. The van der Waals surface area contributed by atoms with Crippen LogP contribution in [0.15, 0.2) is 0 Å². The topological polar surface area (TPSA) is 0 Å². The van der Waals surface area contributed by atoms with Crippen molar-refractivity contribution >= 4 is 9.38 Å². The summed E-state index contributed by atoms with van der Waals surface area (Å²) in [5, 5.41) is 0. The molecule has 0 atom stereocenters. The fraction of sp³-hybridized carbons (Fsp3) is 1.00. The zero-order chi connectivity index (χ0) is 9.45. The molecule has 0 amide bonds. The summed E-state index contributed by atoms with van der Waals surface area (Å²) < 4.78 is 14.9. The second kappa shape index (κ2) is 9.22. The third kappa shape index (κ3) is 8.22. The molecule has 10 heavy (non-hydrogen) atoms. The molecule has 0 spiro atoms. The maximum Gasteiger partial charge on any atom is 0.0166 e. The van der Waals surface area contributed by atoms with Gasteiger partial charge in [-0.25, -0.2) is 0 Å². The van der Waals surface area contributed by atoms with Crippen LogP contribution in [0.5, 0.6) is 0 Å². The van der Waals surface area contributed by atoms with Gasteiger partial charge in [-0.1, -0.05) is 58.0 Å². The minimum Gasteiger partial charge on any atom is -0.0748 e. The predicted molar refractivity (Wildman–Crippen MR) is 52.6 cm³/mol. The van der Waals surface area contributed by atoms with Crippen LogP contribution in [0.2, 0.25) is 12.6 Å². The normalized spacial score (nSPS) is 14.6. The summed E-state index contributed by atoms with van der Waals surface area (Å²) >= 11 is 0. The fourth-order valence-corrected chi connectivity index (χ4v) is 1.69. The van der Waals surface area contributed by atoms with E-state index in [2.05, 4.69) is 6.92 Å². The van der Waals surface area contributed by atoms with Gasteiger partial charge in [-0.15, -0.1) is 0 Å². The van der Waals surface area contributed by atoms with E-state index in [1.807, 2.05) is 0 Å². The third-order valence-corrected chi connectivity index (χ3v) is 2.63. The largest absolute Gasteiger partial charge is 0.0748 e. The summed E-state index contributed by atoms with van der Waals surface area (Å²) in [6.07, 6.45) is 7.63. The van der Waals surface area contributed by atoms with E-state index in [1.54, 1.807) is 6.55 Å². The summed E-state index contributed by atoms with van der Waals surface area (Å²) in [6.45, 7) is 4.02. The molecule has 0 radical (unpaired) electrons. The molecule has 0 nitrogen and oxygen atoms in total. The number of unbranched alkanes of at least 4 members (excludes halogenated alkanes) is 5. The summed E-state index contributed by atoms with van der Waals surface area (Å²) in [6, 6.07) is 0.860. The summed E-state index contributed by atoms with van der Waals surface area (Å²) in [4.78, 5) is 0. The van der Waals surface area contributed by atoms with Gasteiger partial charge < -0.3 is 0 Å². The highest BCUT2D eigenvalue weighted by molar-refractivity contribution is 6.33. The molecule has 0 aromatic heterocycles. The Morgan fingerprint density at radius 2 is 1.70 bits per heavy atom. The lowest BCUT2D eigenvalue weighted by molar-refractivity contribution is 0.624. The van der Waals surface area contributed by atoms with Gasteiger partial charge in [0, 0.05) is 11.9 Å².